The molecule has 0 radical (unpaired) electrons. The summed E-state index contributed by atoms with van der Waals surface area (Å²) in [4.78, 5) is 0. The van der Waals surface area contributed by atoms with Gasteiger partial charge in [-0.15, -0.1) is 0 Å². The van der Waals surface area contributed by atoms with Crippen LogP contribution >= 0.6 is 0 Å². The van der Waals surface area contributed by atoms with Crippen LogP contribution in [0.3, 0.4) is 0 Å². The molecule has 21 heavy (non-hydrogen) atoms. The summed E-state index contributed by atoms with van der Waals surface area (Å²) in [5, 5.41) is 3.78. The van der Waals surface area contributed by atoms with Crippen molar-refractivity contribution in [3.05, 3.63) is 35.9 Å². The minimum absolute atomic E-state index is 0.638. The molecule has 1 N–H and O–H groups in total. The van der Waals surface area contributed by atoms with Crippen molar-refractivity contribution in [2.24, 2.45) is 5.92 Å². The maximum Gasteiger partial charge on any atom is 0.0489 e. The van der Waals surface area contributed by atoms with Crippen LogP contribution in [-0.2, 0) is 4.74 Å². The van der Waals surface area contributed by atoms with Crippen LogP contribution in [0.4, 0.5) is 0 Å². The Balaban J connectivity index is 1.72. The third-order valence-electron chi connectivity index (χ3n) is 4.32. The quantitative estimate of drug-likeness (QED) is 0.718. The fourth-order valence-corrected chi connectivity index (χ4v) is 3.26. The fraction of sp³-hybridized carbons (Fsp3) is 0.684. The molecule has 0 amide bonds. The van der Waals surface area contributed by atoms with Gasteiger partial charge in [0.25, 0.3) is 0 Å². The first-order valence-electron chi connectivity index (χ1n) is 8.63. The van der Waals surface area contributed by atoms with Crippen molar-refractivity contribution in [1.29, 1.82) is 0 Å². The molecule has 2 atom stereocenters. The van der Waals surface area contributed by atoms with E-state index in [2.05, 4.69) is 49.5 Å². The van der Waals surface area contributed by atoms with E-state index in [1.165, 1.54) is 31.2 Å². The molecule has 0 bridgehead atoms. The Morgan fingerprint density at radius 1 is 1.14 bits per heavy atom. The van der Waals surface area contributed by atoms with Gasteiger partial charge in [0.1, 0.15) is 0 Å². The minimum atomic E-state index is 0.638. The molecular weight excluding hydrogens is 258 g/mol. The molecule has 1 aliphatic carbocycles. The first-order valence-corrected chi connectivity index (χ1v) is 8.63. The van der Waals surface area contributed by atoms with E-state index in [0.717, 1.165) is 26.2 Å². The van der Waals surface area contributed by atoms with Gasteiger partial charge >= 0.3 is 0 Å². The normalized spacial score (nSPS) is 22.6. The van der Waals surface area contributed by atoms with Crippen molar-refractivity contribution in [3.63, 3.8) is 0 Å². The zero-order chi connectivity index (χ0) is 14.9. The first kappa shape index (κ1) is 16.5. The van der Waals surface area contributed by atoms with Crippen LogP contribution in [0.25, 0.3) is 0 Å². The predicted octanol–water partition coefficient (Wildman–Crippen LogP) is 4.37. The maximum atomic E-state index is 5.66. The Labute approximate surface area is 130 Å². The number of benzene rings is 1. The highest BCUT2D eigenvalue weighted by Crippen LogP contribution is 2.32. The highest BCUT2D eigenvalue weighted by Gasteiger charge is 2.25. The Hall–Kier alpha value is -0.860. The molecule has 0 saturated heterocycles. The fourth-order valence-electron chi connectivity index (χ4n) is 3.26. The molecule has 1 aromatic carbocycles. The molecule has 2 rings (SSSR count). The van der Waals surface area contributed by atoms with Gasteiger partial charge in [0.2, 0.25) is 0 Å². The molecular formula is C19H31NO. The average Bonchev–Trinajstić information content (AvgIpc) is 2.52. The number of rotatable bonds is 8. The SMILES string of the molecule is CC(C)COCCCNC1CCCCC1c1ccccc1. The average molecular weight is 289 g/mol. The summed E-state index contributed by atoms with van der Waals surface area (Å²) in [6, 6.07) is 11.7. The molecule has 2 unspecified atom stereocenters. The van der Waals surface area contributed by atoms with Crippen molar-refractivity contribution >= 4 is 0 Å². The van der Waals surface area contributed by atoms with Gasteiger partial charge in [0.15, 0.2) is 0 Å². The van der Waals surface area contributed by atoms with Crippen LogP contribution in [0.2, 0.25) is 0 Å². The van der Waals surface area contributed by atoms with E-state index in [9.17, 15) is 0 Å². The Bertz CT molecular complexity index is 376. The van der Waals surface area contributed by atoms with Crippen molar-refractivity contribution in [2.45, 2.75) is 57.9 Å². The second-order valence-corrected chi connectivity index (χ2v) is 6.68. The van der Waals surface area contributed by atoms with Crippen LogP contribution in [0.15, 0.2) is 30.3 Å². The summed E-state index contributed by atoms with van der Waals surface area (Å²) >= 11 is 0. The molecule has 1 aromatic rings. The topological polar surface area (TPSA) is 21.3 Å². The molecule has 2 nitrogen and oxygen atoms in total. The van der Waals surface area contributed by atoms with Crippen LogP contribution in [0, 0.1) is 5.92 Å². The Morgan fingerprint density at radius 2 is 1.90 bits per heavy atom. The summed E-state index contributed by atoms with van der Waals surface area (Å²) in [5.41, 5.74) is 1.51. The molecule has 0 spiro atoms. The third-order valence-corrected chi connectivity index (χ3v) is 4.32. The standard InChI is InChI=1S/C19H31NO/c1-16(2)15-21-14-8-13-20-19-12-7-6-11-18(19)17-9-4-3-5-10-17/h3-5,9-10,16,18-20H,6-8,11-15H2,1-2H3. The molecule has 1 saturated carbocycles. The molecule has 0 aliphatic heterocycles. The molecule has 118 valence electrons. The predicted molar refractivity (Wildman–Crippen MR) is 89.7 cm³/mol. The van der Waals surface area contributed by atoms with Gasteiger partial charge in [-0.05, 0) is 43.2 Å². The Kier molecular flexibility index (Phi) is 7.25. The largest absolute Gasteiger partial charge is 0.381 e. The molecule has 2 heteroatoms. The van der Waals surface area contributed by atoms with Crippen molar-refractivity contribution in [2.75, 3.05) is 19.8 Å². The van der Waals surface area contributed by atoms with Gasteiger partial charge in [-0.3, -0.25) is 0 Å². The van der Waals surface area contributed by atoms with Crippen molar-refractivity contribution in [1.82, 2.24) is 5.32 Å². The smallest absolute Gasteiger partial charge is 0.0489 e. The maximum absolute atomic E-state index is 5.66. The highest BCUT2D eigenvalue weighted by atomic mass is 16.5. The van der Waals surface area contributed by atoms with Gasteiger partial charge in [-0.25, -0.2) is 0 Å². The molecule has 1 aliphatic rings. The third kappa shape index (κ3) is 5.80. The lowest BCUT2D eigenvalue weighted by atomic mass is 9.80. The second-order valence-electron chi connectivity index (χ2n) is 6.68. The van der Waals surface area contributed by atoms with Gasteiger partial charge in [0, 0.05) is 19.3 Å². The number of hydrogen-bond donors (Lipinski definition) is 1. The van der Waals surface area contributed by atoms with E-state index in [0.29, 0.717) is 17.9 Å². The second kappa shape index (κ2) is 9.22. The summed E-state index contributed by atoms with van der Waals surface area (Å²) in [5.74, 6) is 1.33. The summed E-state index contributed by atoms with van der Waals surface area (Å²) < 4.78 is 5.66. The number of nitrogens with one attached hydrogen (secondary N) is 1. The molecule has 1 fully saturated rings. The summed E-state index contributed by atoms with van der Waals surface area (Å²) in [6.07, 6.45) is 6.49. The van der Waals surface area contributed by atoms with Gasteiger partial charge in [0.05, 0.1) is 0 Å². The van der Waals surface area contributed by atoms with Crippen molar-refractivity contribution in [3.8, 4) is 0 Å². The van der Waals surface area contributed by atoms with Crippen LogP contribution in [-0.4, -0.2) is 25.8 Å². The summed E-state index contributed by atoms with van der Waals surface area (Å²) in [7, 11) is 0. The monoisotopic (exact) mass is 289 g/mol. The highest BCUT2D eigenvalue weighted by molar-refractivity contribution is 5.21. The van der Waals surface area contributed by atoms with Gasteiger partial charge in [-0.1, -0.05) is 57.0 Å². The van der Waals surface area contributed by atoms with Crippen molar-refractivity contribution < 1.29 is 4.74 Å². The van der Waals surface area contributed by atoms with E-state index >= 15 is 0 Å². The van der Waals surface area contributed by atoms with Crippen LogP contribution in [0.5, 0.6) is 0 Å². The lowest BCUT2D eigenvalue weighted by Crippen LogP contribution is -2.38. The van der Waals surface area contributed by atoms with E-state index in [4.69, 9.17) is 4.74 Å². The number of hydrogen-bond acceptors (Lipinski definition) is 2. The van der Waals surface area contributed by atoms with Gasteiger partial charge < -0.3 is 10.1 Å². The Morgan fingerprint density at radius 3 is 2.67 bits per heavy atom. The van der Waals surface area contributed by atoms with E-state index in [1.807, 2.05) is 0 Å². The molecule has 0 aromatic heterocycles. The summed E-state index contributed by atoms with van der Waals surface area (Å²) in [6.45, 7) is 7.24. The minimum Gasteiger partial charge on any atom is -0.381 e. The lowest BCUT2D eigenvalue weighted by molar-refractivity contribution is 0.107. The van der Waals surface area contributed by atoms with E-state index in [-0.39, 0.29) is 0 Å². The zero-order valence-electron chi connectivity index (χ0n) is 13.7. The lowest BCUT2D eigenvalue weighted by Gasteiger charge is -2.33. The first-order chi connectivity index (χ1) is 10.3. The van der Waals surface area contributed by atoms with E-state index in [1.54, 1.807) is 0 Å². The van der Waals surface area contributed by atoms with Gasteiger partial charge in [-0.2, -0.15) is 0 Å². The van der Waals surface area contributed by atoms with Crippen LogP contribution in [0.1, 0.15) is 57.4 Å². The zero-order valence-corrected chi connectivity index (χ0v) is 13.7. The van der Waals surface area contributed by atoms with Crippen LogP contribution < -0.4 is 5.32 Å². The van der Waals surface area contributed by atoms with E-state index < -0.39 is 0 Å². The number of ether oxygens (including phenoxy) is 1. The molecule has 0 heterocycles.